The number of anilines is 1. The van der Waals surface area contributed by atoms with Crippen molar-refractivity contribution in [1.29, 1.82) is 0 Å². The molecule has 0 atom stereocenters. The second kappa shape index (κ2) is 5.59. The molecule has 0 unspecified atom stereocenters. The molecule has 2 heterocycles. The summed E-state index contributed by atoms with van der Waals surface area (Å²) < 4.78 is 24.6. The van der Waals surface area contributed by atoms with Crippen molar-refractivity contribution in [2.24, 2.45) is 0 Å². The molecule has 1 N–H and O–H groups in total. The van der Waals surface area contributed by atoms with E-state index in [0.717, 1.165) is 23.7 Å². The van der Waals surface area contributed by atoms with Crippen molar-refractivity contribution < 1.29 is 13.3 Å². The smallest absolute Gasteiger partial charge is 0.304 e. The monoisotopic (exact) mass is 316 g/mol. The summed E-state index contributed by atoms with van der Waals surface area (Å²) >= 11 is 0.866. The van der Waals surface area contributed by atoms with Gasteiger partial charge in [-0.05, 0) is 0 Å². The molecule has 0 amide bonds. The fourth-order valence-corrected chi connectivity index (χ4v) is 3.49. The van der Waals surface area contributed by atoms with E-state index in [4.69, 9.17) is 0 Å². The third-order valence-electron chi connectivity index (χ3n) is 2.47. The van der Waals surface area contributed by atoms with Crippen LogP contribution in [0, 0.1) is 10.1 Å². The Balaban J connectivity index is 2.13. The molecule has 8 nitrogen and oxygen atoms in total. The second-order valence-corrected chi connectivity index (χ2v) is 7.33. The maximum absolute atomic E-state index is 11.4. The van der Waals surface area contributed by atoms with Crippen molar-refractivity contribution in [1.82, 2.24) is 9.55 Å². The van der Waals surface area contributed by atoms with E-state index in [1.165, 1.54) is 0 Å². The number of aromatic nitrogens is 2. The summed E-state index contributed by atoms with van der Waals surface area (Å²) in [4.78, 5) is 14.2. The Kier molecular flexibility index (Phi) is 4.04. The van der Waals surface area contributed by atoms with Gasteiger partial charge in [0.1, 0.15) is 4.21 Å². The molecule has 0 saturated carbocycles. The van der Waals surface area contributed by atoms with E-state index in [-0.39, 0.29) is 14.9 Å². The average Bonchev–Trinajstić information content (AvgIpc) is 2.96. The van der Waals surface area contributed by atoms with E-state index in [0.29, 0.717) is 13.1 Å². The number of rotatable bonds is 6. The minimum absolute atomic E-state index is 0.0191. The molecular formula is C10H12N4O4S2. The second-order valence-electron chi connectivity index (χ2n) is 4.04. The molecule has 2 aromatic rings. The number of nitro groups is 1. The summed E-state index contributed by atoms with van der Waals surface area (Å²) in [7, 11) is -3.45. The van der Waals surface area contributed by atoms with Gasteiger partial charge in [-0.15, -0.1) is 0 Å². The number of hydrogen-bond donors (Lipinski definition) is 1. The lowest BCUT2D eigenvalue weighted by Crippen LogP contribution is -2.09. The molecule has 10 heteroatoms. The van der Waals surface area contributed by atoms with Crippen molar-refractivity contribution in [3.05, 3.63) is 34.9 Å². The Labute approximate surface area is 119 Å². The molecule has 108 valence electrons. The van der Waals surface area contributed by atoms with Gasteiger partial charge in [-0.25, -0.2) is 13.4 Å². The summed E-state index contributed by atoms with van der Waals surface area (Å²) in [6, 6.07) is 1.08. The van der Waals surface area contributed by atoms with Crippen molar-refractivity contribution in [2.75, 3.05) is 18.1 Å². The Morgan fingerprint density at radius 1 is 1.55 bits per heavy atom. The maximum Gasteiger partial charge on any atom is 0.304 e. The lowest BCUT2D eigenvalue weighted by Gasteiger charge is -2.04. The molecule has 0 aliphatic carbocycles. The summed E-state index contributed by atoms with van der Waals surface area (Å²) in [5.41, 5.74) is -0.221. The fourth-order valence-electron chi connectivity index (χ4n) is 1.52. The first-order chi connectivity index (χ1) is 9.38. The maximum atomic E-state index is 11.4. The SMILES string of the molecule is CS(=O)(=O)c1cc([N+](=O)[O-])c(NCCn2ccnc2)s1. The van der Waals surface area contributed by atoms with Gasteiger partial charge in [0.25, 0.3) is 0 Å². The standard InChI is InChI=1S/C10H12N4O4S2/c1-20(17,18)9-6-8(14(15)16)10(19-9)12-3-5-13-4-2-11-7-13/h2,4,6-7,12H,3,5H2,1H3. The van der Waals surface area contributed by atoms with Crippen LogP contribution in [-0.2, 0) is 16.4 Å². The molecule has 0 bridgehead atoms. The lowest BCUT2D eigenvalue weighted by molar-refractivity contribution is -0.383. The number of imidazole rings is 1. The van der Waals surface area contributed by atoms with Crippen LogP contribution in [0.2, 0.25) is 0 Å². The van der Waals surface area contributed by atoms with Gasteiger partial charge in [-0.3, -0.25) is 10.1 Å². The van der Waals surface area contributed by atoms with Crippen molar-refractivity contribution in [3.63, 3.8) is 0 Å². The van der Waals surface area contributed by atoms with Gasteiger partial charge in [0.05, 0.1) is 11.3 Å². The van der Waals surface area contributed by atoms with E-state index in [1.54, 1.807) is 18.7 Å². The van der Waals surface area contributed by atoms with Crippen molar-refractivity contribution in [2.45, 2.75) is 10.8 Å². The van der Waals surface area contributed by atoms with E-state index in [2.05, 4.69) is 10.3 Å². The molecule has 20 heavy (non-hydrogen) atoms. The number of sulfone groups is 1. The van der Waals surface area contributed by atoms with Gasteiger partial charge < -0.3 is 9.88 Å². The molecule has 0 spiro atoms. The largest absolute Gasteiger partial charge is 0.369 e. The van der Waals surface area contributed by atoms with Gasteiger partial charge >= 0.3 is 5.69 Å². The molecule has 0 aliphatic heterocycles. The van der Waals surface area contributed by atoms with Crippen LogP contribution in [0.5, 0.6) is 0 Å². The summed E-state index contributed by atoms with van der Waals surface area (Å²) in [5.74, 6) is 0. The third-order valence-corrected chi connectivity index (χ3v) is 5.35. The van der Waals surface area contributed by atoms with Crippen LogP contribution in [0.4, 0.5) is 10.7 Å². The van der Waals surface area contributed by atoms with Crippen LogP contribution in [-0.4, -0.2) is 35.7 Å². The lowest BCUT2D eigenvalue weighted by atomic mass is 10.5. The number of nitrogens with one attached hydrogen (secondary N) is 1. The molecule has 0 fully saturated rings. The quantitative estimate of drug-likeness (QED) is 0.637. The summed E-state index contributed by atoms with van der Waals surface area (Å²) in [6.45, 7) is 1.00. The van der Waals surface area contributed by atoms with E-state index in [9.17, 15) is 18.5 Å². The number of hydrogen-bond acceptors (Lipinski definition) is 7. The topological polar surface area (TPSA) is 107 Å². The van der Waals surface area contributed by atoms with Crippen molar-refractivity contribution >= 4 is 31.9 Å². The van der Waals surface area contributed by atoms with Crippen molar-refractivity contribution in [3.8, 4) is 0 Å². The normalized spacial score (nSPS) is 11.4. The van der Waals surface area contributed by atoms with E-state index < -0.39 is 14.8 Å². The van der Waals surface area contributed by atoms with Gasteiger partial charge in [-0.1, -0.05) is 11.3 Å². The van der Waals surface area contributed by atoms with Crippen LogP contribution < -0.4 is 5.32 Å². The molecule has 0 radical (unpaired) electrons. The van der Waals surface area contributed by atoms with Crippen LogP contribution in [0.25, 0.3) is 0 Å². The minimum atomic E-state index is -3.45. The van der Waals surface area contributed by atoms with E-state index >= 15 is 0 Å². The summed E-state index contributed by atoms with van der Waals surface area (Å²) in [5, 5.41) is 14.1. The van der Waals surface area contributed by atoms with Gasteiger partial charge in [0, 0.05) is 37.8 Å². The molecule has 0 saturated heterocycles. The number of thiophene rings is 1. The molecule has 2 rings (SSSR count). The van der Waals surface area contributed by atoms with Crippen LogP contribution in [0.15, 0.2) is 29.0 Å². The highest BCUT2D eigenvalue weighted by Gasteiger charge is 2.23. The molecule has 0 aromatic carbocycles. The zero-order valence-electron chi connectivity index (χ0n) is 10.5. The summed E-state index contributed by atoms with van der Waals surface area (Å²) in [6.07, 6.45) is 6.06. The van der Waals surface area contributed by atoms with Gasteiger partial charge in [0.2, 0.25) is 0 Å². The van der Waals surface area contributed by atoms with Gasteiger partial charge in [-0.2, -0.15) is 0 Å². The first-order valence-electron chi connectivity index (χ1n) is 5.56. The number of nitrogens with zero attached hydrogens (tertiary/aromatic N) is 3. The zero-order valence-corrected chi connectivity index (χ0v) is 12.1. The highest BCUT2D eigenvalue weighted by Crippen LogP contribution is 2.36. The first kappa shape index (κ1) is 14.5. The van der Waals surface area contributed by atoms with Crippen LogP contribution in [0.3, 0.4) is 0 Å². The Morgan fingerprint density at radius 2 is 2.30 bits per heavy atom. The zero-order chi connectivity index (χ0) is 14.8. The predicted molar refractivity (Wildman–Crippen MR) is 74.8 cm³/mol. The van der Waals surface area contributed by atoms with Crippen LogP contribution >= 0.6 is 11.3 Å². The third kappa shape index (κ3) is 3.33. The van der Waals surface area contributed by atoms with E-state index in [1.807, 2.05) is 4.57 Å². The fraction of sp³-hybridized carbons (Fsp3) is 0.300. The molecular weight excluding hydrogens is 304 g/mol. The Hall–Kier alpha value is -1.94. The highest BCUT2D eigenvalue weighted by molar-refractivity contribution is 7.92. The Morgan fingerprint density at radius 3 is 2.85 bits per heavy atom. The Bertz CT molecular complexity index is 706. The highest BCUT2D eigenvalue weighted by atomic mass is 32.2. The average molecular weight is 316 g/mol. The van der Waals surface area contributed by atoms with Gasteiger partial charge in [0.15, 0.2) is 14.8 Å². The molecule has 0 aliphatic rings. The first-order valence-corrected chi connectivity index (χ1v) is 8.26. The molecule has 2 aromatic heterocycles. The predicted octanol–water partition coefficient (Wildman–Crippen LogP) is 1.37. The van der Waals surface area contributed by atoms with Crippen LogP contribution in [0.1, 0.15) is 0 Å². The minimum Gasteiger partial charge on any atom is -0.369 e.